The number of hydrogen-bond donors (Lipinski definition) is 1. The van der Waals surface area contributed by atoms with E-state index in [2.05, 4.69) is 17.1 Å². The van der Waals surface area contributed by atoms with E-state index in [1.165, 1.54) is 25.5 Å². The standard InChI is InChI=1S/C27H29N3O5S/c1-5-13-35-25-12-11-22(17-26(25)34-4)18-28-29-27(31)19-30(23-15-20(2)14-21(3)16-23)36(32,33)24-9-7-6-8-10-24/h5-12,14-18H,1,13,19H2,2-4H3,(H,29,31)/b28-18-. The number of aryl methyl sites for hydroxylation is 2. The number of amides is 1. The number of methoxy groups -OCH3 is 1. The number of nitrogens with zero attached hydrogens (tertiary/aromatic N) is 2. The van der Waals surface area contributed by atoms with E-state index in [0.29, 0.717) is 29.4 Å². The van der Waals surface area contributed by atoms with Gasteiger partial charge >= 0.3 is 0 Å². The van der Waals surface area contributed by atoms with Gasteiger partial charge in [-0.05, 0) is 73.0 Å². The second kappa shape index (κ2) is 12.0. The van der Waals surface area contributed by atoms with Crippen LogP contribution in [0.3, 0.4) is 0 Å². The number of carbonyl (C=O) groups is 1. The lowest BCUT2D eigenvalue weighted by molar-refractivity contribution is -0.119. The summed E-state index contributed by atoms with van der Waals surface area (Å²) >= 11 is 0. The Morgan fingerprint density at radius 1 is 1.03 bits per heavy atom. The number of anilines is 1. The van der Waals surface area contributed by atoms with Gasteiger partial charge in [0.05, 0.1) is 23.9 Å². The van der Waals surface area contributed by atoms with Gasteiger partial charge in [-0.1, -0.05) is 36.9 Å². The average Bonchev–Trinajstić information content (AvgIpc) is 2.86. The number of rotatable bonds is 11. The highest BCUT2D eigenvalue weighted by atomic mass is 32.2. The smallest absolute Gasteiger partial charge is 0.264 e. The van der Waals surface area contributed by atoms with Gasteiger partial charge in [-0.25, -0.2) is 13.8 Å². The lowest BCUT2D eigenvalue weighted by Gasteiger charge is -2.24. The highest BCUT2D eigenvalue weighted by Gasteiger charge is 2.27. The maximum atomic E-state index is 13.4. The minimum Gasteiger partial charge on any atom is -0.493 e. The first-order chi connectivity index (χ1) is 17.2. The number of benzene rings is 3. The van der Waals surface area contributed by atoms with Crippen molar-refractivity contribution in [3.05, 3.63) is 96.1 Å². The molecular formula is C27H29N3O5S. The van der Waals surface area contributed by atoms with Gasteiger partial charge in [-0.3, -0.25) is 9.10 Å². The fraction of sp³-hybridized carbons (Fsp3) is 0.185. The molecule has 0 spiro atoms. The second-order valence-electron chi connectivity index (χ2n) is 7.97. The number of carbonyl (C=O) groups excluding carboxylic acids is 1. The number of nitrogens with one attached hydrogen (secondary N) is 1. The molecule has 8 nitrogen and oxygen atoms in total. The first kappa shape index (κ1) is 26.5. The Morgan fingerprint density at radius 2 is 1.72 bits per heavy atom. The van der Waals surface area contributed by atoms with Crippen LogP contribution in [0, 0.1) is 13.8 Å². The monoisotopic (exact) mass is 507 g/mol. The zero-order valence-electron chi connectivity index (χ0n) is 20.5. The van der Waals surface area contributed by atoms with Crippen molar-refractivity contribution in [2.75, 3.05) is 24.6 Å². The van der Waals surface area contributed by atoms with E-state index in [4.69, 9.17) is 9.47 Å². The summed E-state index contributed by atoms with van der Waals surface area (Å²) in [5.74, 6) is 0.457. The normalized spacial score (nSPS) is 11.2. The Bertz CT molecular complexity index is 1330. The van der Waals surface area contributed by atoms with E-state index < -0.39 is 22.5 Å². The van der Waals surface area contributed by atoms with Gasteiger partial charge in [0.1, 0.15) is 13.2 Å². The summed E-state index contributed by atoms with van der Waals surface area (Å²) in [6, 6.07) is 18.6. The maximum Gasteiger partial charge on any atom is 0.264 e. The Hall–Kier alpha value is -4.11. The van der Waals surface area contributed by atoms with E-state index in [1.54, 1.807) is 54.6 Å². The fourth-order valence-corrected chi connectivity index (χ4v) is 4.93. The van der Waals surface area contributed by atoms with Crippen LogP contribution >= 0.6 is 0 Å². The largest absolute Gasteiger partial charge is 0.493 e. The van der Waals surface area contributed by atoms with Gasteiger partial charge in [-0.2, -0.15) is 5.10 Å². The van der Waals surface area contributed by atoms with E-state index in [-0.39, 0.29) is 4.90 Å². The van der Waals surface area contributed by atoms with Crippen molar-refractivity contribution in [2.45, 2.75) is 18.7 Å². The minimum absolute atomic E-state index is 0.0892. The lowest BCUT2D eigenvalue weighted by atomic mass is 10.1. The first-order valence-electron chi connectivity index (χ1n) is 11.1. The van der Waals surface area contributed by atoms with Crippen molar-refractivity contribution in [3.63, 3.8) is 0 Å². The van der Waals surface area contributed by atoms with Gasteiger partial charge < -0.3 is 9.47 Å². The van der Waals surface area contributed by atoms with Gasteiger partial charge in [0.15, 0.2) is 11.5 Å². The summed E-state index contributed by atoms with van der Waals surface area (Å²) in [6.07, 6.45) is 3.06. The second-order valence-corrected chi connectivity index (χ2v) is 9.84. The molecule has 1 N–H and O–H groups in total. The summed E-state index contributed by atoms with van der Waals surface area (Å²) < 4.78 is 38.8. The number of sulfonamides is 1. The molecule has 0 saturated heterocycles. The van der Waals surface area contributed by atoms with E-state index in [0.717, 1.165) is 15.4 Å². The summed E-state index contributed by atoms with van der Waals surface area (Å²) in [4.78, 5) is 12.9. The van der Waals surface area contributed by atoms with Crippen LogP contribution in [0.4, 0.5) is 5.69 Å². The van der Waals surface area contributed by atoms with Crippen LogP contribution in [0.15, 0.2) is 89.4 Å². The van der Waals surface area contributed by atoms with Crippen molar-refractivity contribution >= 4 is 27.8 Å². The Morgan fingerprint density at radius 3 is 2.36 bits per heavy atom. The van der Waals surface area contributed by atoms with Crippen molar-refractivity contribution in [3.8, 4) is 11.5 Å². The third kappa shape index (κ3) is 6.73. The molecule has 0 heterocycles. The Kier molecular flexibility index (Phi) is 8.86. The molecule has 9 heteroatoms. The number of ether oxygens (including phenoxy) is 2. The van der Waals surface area contributed by atoms with Crippen molar-refractivity contribution < 1.29 is 22.7 Å². The molecule has 3 rings (SSSR count). The van der Waals surface area contributed by atoms with Crippen molar-refractivity contribution in [1.82, 2.24) is 5.43 Å². The van der Waals surface area contributed by atoms with Crippen molar-refractivity contribution in [1.29, 1.82) is 0 Å². The van der Waals surface area contributed by atoms with Crippen LogP contribution in [-0.4, -0.2) is 40.8 Å². The number of hydrogen-bond acceptors (Lipinski definition) is 6. The van der Waals surface area contributed by atoms with E-state index >= 15 is 0 Å². The molecule has 0 aliphatic carbocycles. The van der Waals surface area contributed by atoms with Crippen LogP contribution in [0.2, 0.25) is 0 Å². The van der Waals surface area contributed by atoms with Crippen LogP contribution in [0.5, 0.6) is 11.5 Å². The zero-order valence-corrected chi connectivity index (χ0v) is 21.3. The van der Waals surface area contributed by atoms with Gasteiger partial charge in [-0.15, -0.1) is 0 Å². The quantitative estimate of drug-likeness (QED) is 0.238. The predicted molar refractivity (Wildman–Crippen MR) is 141 cm³/mol. The topological polar surface area (TPSA) is 97.3 Å². The molecule has 3 aromatic rings. The zero-order chi connectivity index (χ0) is 26.1. The average molecular weight is 508 g/mol. The van der Waals surface area contributed by atoms with Gasteiger partial charge in [0, 0.05) is 0 Å². The van der Waals surface area contributed by atoms with E-state index in [1.807, 2.05) is 19.9 Å². The van der Waals surface area contributed by atoms with Crippen LogP contribution in [0.25, 0.3) is 0 Å². The summed E-state index contributed by atoms with van der Waals surface area (Å²) in [5, 5.41) is 3.99. The summed E-state index contributed by atoms with van der Waals surface area (Å²) in [7, 11) is -2.48. The highest BCUT2D eigenvalue weighted by Crippen LogP contribution is 2.28. The van der Waals surface area contributed by atoms with Crippen LogP contribution in [-0.2, 0) is 14.8 Å². The molecule has 36 heavy (non-hydrogen) atoms. The molecule has 0 bridgehead atoms. The molecule has 0 saturated carbocycles. The maximum absolute atomic E-state index is 13.4. The predicted octanol–water partition coefficient (Wildman–Crippen LogP) is 4.22. The van der Waals surface area contributed by atoms with E-state index in [9.17, 15) is 13.2 Å². The Balaban J connectivity index is 1.80. The fourth-order valence-electron chi connectivity index (χ4n) is 3.51. The first-order valence-corrected chi connectivity index (χ1v) is 12.6. The lowest BCUT2D eigenvalue weighted by Crippen LogP contribution is -2.39. The van der Waals surface area contributed by atoms with Crippen LogP contribution < -0.4 is 19.2 Å². The third-order valence-electron chi connectivity index (χ3n) is 5.06. The molecule has 0 aliphatic rings. The van der Waals surface area contributed by atoms with Crippen LogP contribution in [0.1, 0.15) is 16.7 Å². The summed E-state index contributed by atoms with van der Waals surface area (Å²) in [5.41, 5.74) is 5.22. The molecule has 0 fully saturated rings. The molecule has 0 aromatic heterocycles. The molecule has 0 aliphatic heterocycles. The minimum atomic E-state index is -4.00. The third-order valence-corrected chi connectivity index (χ3v) is 6.85. The molecule has 188 valence electrons. The molecule has 0 atom stereocenters. The molecule has 1 amide bonds. The number of hydrazone groups is 1. The molecular weight excluding hydrogens is 478 g/mol. The molecule has 3 aromatic carbocycles. The van der Waals surface area contributed by atoms with Gasteiger partial charge in [0.2, 0.25) is 0 Å². The SMILES string of the molecule is C=CCOc1ccc(/C=N\NC(=O)CN(c2cc(C)cc(C)c2)S(=O)(=O)c2ccccc2)cc1OC. The molecule has 0 unspecified atom stereocenters. The Labute approximate surface area is 211 Å². The summed E-state index contributed by atoms with van der Waals surface area (Å²) in [6.45, 7) is 7.25. The highest BCUT2D eigenvalue weighted by molar-refractivity contribution is 7.92. The van der Waals surface area contributed by atoms with Gasteiger partial charge in [0.25, 0.3) is 15.9 Å². The van der Waals surface area contributed by atoms with Crippen molar-refractivity contribution in [2.24, 2.45) is 5.10 Å². The molecule has 0 radical (unpaired) electrons.